The highest BCUT2D eigenvalue weighted by atomic mass is 32.2. The third-order valence-corrected chi connectivity index (χ3v) is 7.01. The van der Waals surface area contributed by atoms with Crippen LogP contribution in [0.1, 0.15) is 52.0 Å². The molecule has 0 atom stereocenters. The Labute approximate surface area is 206 Å². The van der Waals surface area contributed by atoms with E-state index >= 15 is 0 Å². The van der Waals surface area contributed by atoms with Gasteiger partial charge >= 0.3 is 5.97 Å². The summed E-state index contributed by atoms with van der Waals surface area (Å²) in [5, 5.41) is 8.89. The summed E-state index contributed by atoms with van der Waals surface area (Å²) in [6.07, 6.45) is 5.64. The summed E-state index contributed by atoms with van der Waals surface area (Å²) in [7, 11) is -4.62. The van der Waals surface area contributed by atoms with Gasteiger partial charge in [0.15, 0.2) is 5.71 Å². The Balaban J connectivity index is 2.02. The summed E-state index contributed by atoms with van der Waals surface area (Å²) in [5.41, 5.74) is 2.40. The van der Waals surface area contributed by atoms with Gasteiger partial charge in [-0.15, -0.1) is 0 Å². The quantitative estimate of drug-likeness (QED) is 0.298. The molecule has 1 aliphatic heterocycles. The number of hydrogen-bond donors (Lipinski definition) is 1. The summed E-state index contributed by atoms with van der Waals surface area (Å²) in [4.78, 5) is 24.4. The van der Waals surface area contributed by atoms with Crippen LogP contribution >= 0.6 is 0 Å². The fraction of sp³-hybridized carbons (Fsp3) is 0.346. The summed E-state index contributed by atoms with van der Waals surface area (Å²) in [5.74, 6) is -0.995. The maximum atomic E-state index is 12.4. The van der Waals surface area contributed by atoms with Crippen molar-refractivity contribution in [1.29, 1.82) is 0 Å². The number of fused-ring (bicyclic) bond motifs is 1. The molecule has 1 amide bonds. The van der Waals surface area contributed by atoms with Crippen molar-refractivity contribution in [2.24, 2.45) is 0 Å². The van der Waals surface area contributed by atoms with Crippen LogP contribution in [-0.2, 0) is 25.1 Å². The summed E-state index contributed by atoms with van der Waals surface area (Å²) >= 11 is 0. The average Bonchev–Trinajstić information content (AvgIpc) is 2.99. The summed E-state index contributed by atoms with van der Waals surface area (Å²) in [6, 6.07) is 13.6. The zero-order valence-corrected chi connectivity index (χ0v) is 20.9. The van der Waals surface area contributed by atoms with Crippen LogP contribution < -0.4 is 4.90 Å². The first-order valence-electron chi connectivity index (χ1n) is 11.4. The number of para-hydroxylation sites is 1. The van der Waals surface area contributed by atoms with Crippen LogP contribution in [-0.4, -0.2) is 46.8 Å². The molecule has 186 valence electrons. The summed E-state index contributed by atoms with van der Waals surface area (Å²) < 4.78 is 37.1. The Kier molecular flexibility index (Phi) is 7.92. The van der Waals surface area contributed by atoms with Gasteiger partial charge in [-0.3, -0.25) is 14.5 Å². The van der Waals surface area contributed by atoms with Gasteiger partial charge in [-0.25, -0.2) is 8.42 Å². The number of carboxylic acid groups (broad SMARTS) is 1. The number of nitrogens with zero attached hydrogens (tertiary/aromatic N) is 2. The molecular formula is C26H30N2O6S. The number of rotatable bonds is 10. The van der Waals surface area contributed by atoms with Crippen molar-refractivity contribution in [1.82, 2.24) is 0 Å². The minimum absolute atomic E-state index is 0.105. The fourth-order valence-electron chi connectivity index (χ4n) is 4.38. The highest BCUT2D eigenvalue weighted by Crippen LogP contribution is 2.41. The van der Waals surface area contributed by atoms with Crippen LogP contribution in [0.15, 0.2) is 65.7 Å². The predicted molar refractivity (Wildman–Crippen MR) is 132 cm³/mol. The van der Waals surface area contributed by atoms with Gasteiger partial charge in [0.1, 0.15) is 16.7 Å². The molecule has 1 aliphatic rings. The predicted octanol–water partition coefficient (Wildman–Crippen LogP) is 4.18. The lowest BCUT2D eigenvalue weighted by Crippen LogP contribution is -2.29. The van der Waals surface area contributed by atoms with Crippen molar-refractivity contribution < 1.29 is 32.2 Å². The van der Waals surface area contributed by atoms with E-state index in [4.69, 9.17) is 5.11 Å². The number of benzene rings is 2. The van der Waals surface area contributed by atoms with Gasteiger partial charge in [-0.1, -0.05) is 18.2 Å². The standard InChI is InChI=1S/C26H30N2O6S/c1-19(29)27(20-10-6-4-7-11-20)17-15-24-26(2,3)22-18-21(35(32,33)34)13-14-23(22)28(24)16-9-5-8-12-25(30)31/h4,6-7,10-11,13-15,17-18H,5,8-9,12,16H2,1-3H3,(H-,30,31,32,33,34). The molecule has 0 fully saturated rings. The Morgan fingerprint density at radius 1 is 1.09 bits per heavy atom. The lowest BCUT2D eigenvalue weighted by atomic mass is 9.81. The number of hydrogen-bond acceptors (Lipinski definition) is 5. The molecule has 0 spiro atoms. The van der Waals surface area contributed by atoms with Crippen LogP contribution in [0.5, 0.6) is 0 Å². The Bertz CT molecular complexity index is 1280. The number of carboxylic acids is 1. The van der Waals surface area contributed by atoms with E-state index in [0.29, 0.717) is 30.6 Å². The molecule has 0 radical (unpaired) electrons. The Morgan fingerprint density at radius 3 is 2.37 bits per heavy atom. The van der Waals surface area contributed by atoms with E-state index in [1.54, 1.807) is 12.3 Å². The maximum Gasteiger partial charge on any atom is 0.303 e. The number of amides is 1. The van der Waals surface area contributed by atoms with Crippen molar-refractivity contribution in [2.45, 2.75) is 56.8 Å². The van der Waals surface area contributed by atoms with Crippen molar-refractivity contribution in [2.75, 3.05) is 11.4 Å². The molecule has 9 heteroatoms. The third-order valence-electron chi connectivity index (χ3n) is 6.18. The lowest BCUT2D eigenvalue weighted by molar-refractivity contribution is -0.438. The number of allylic oxidation sites excluding steroid dienone is 1. The van der Waals surface area contributed by atoms with Crippen molar-refractivity contribution in [3.63, 3.8) is 0 Å². The van der Waals surface area contributed by atoms with E-state index in [1.165, 1.54) is 24.0 Å². The topological polar surface area (TPSA) is 118 Å². The molecule has 3 rings (SSSR count). The first kappa shape index (κ1) is 26.3. The molecule has 0 unspecified atom stereocenters. The zero-order chi connectivity index (χ0) is 25.8. The molecular weight excluding hydrogens is 468 g/mol. The van der Waals surface area contributed by atoms with Gasteiger partial charge in [0, 0.05) is 49.4 Å². The largest absolute Gasteiger partial charge is 0.744 e. The fourth-order valence-corrected chi connectivity index (χ4v) is 4.88. The molecule has 0 bridgehead atoms. The first-order valence-corrected chi connectivity index (χ1v) is 12.8. The van der Waals surface area contributed by atoms with E-state index in [1.807, 2.05) is 50.3 Å². The molecule has 0 aromatic heterocycles. The van der Waals surface area contributed by atoms with Gasteiger partial charge in [0.25, 0.3) is 0 Å². The molecule has 1 N–H and O–H groups in total. The van der Waals surface area contributed by atoms with Gasteiger partial charge in [-0.2, -0.15) is 4.58 Å². The number of anilines is 1. The van der Waals surface area contributed by atoms with Crippen molar-refractivity contribution in [3.8, 4) is 0 Å². The van der Waals surface area contributed by atoms with Crippen molar-refractivity contribution in [3.05, 3.63) is 66.4 Å². The second-order valence-corrected chi connectivity index (χ2v) is 10.4. The normalized spacial score (nSPS) is 14.9. The van der Waals surface area contributed by atoms with Crippen LogP contribution in [0, 0.1) is 0 Å². The van der Waals surface area contributed by atoms with Gasteiger partial charge < -0.3 is 9.66 Å². The van der Waals surface area contributed by atoms with E-state index in [2.05, 4.69) is 4.58 Å². The van der Waals surface area contributed by atoms with E-state index in [-0.39, 0.29) is 17.2 Å². The van der Waals surface area contributed by atoms with Crippen LogP contribution in [0.4, 0.5) is 11.4 Å². The molecule has 35 heavy (non-hydrogen) atoms. The van der Waals surface area contributed by atoms with Gasteiger partial charge in [0.2, 0.25) is 11.6 Å². The molecule has 0 aliphatic carbocycles. The zero-order valence-electron chi connectivity index (χ0n) is 20.1. The summed E-state index contributed by atoms with van der Waals surface area (Å²) in [6.45, 7) is 5.93. The van der Waals surface area contributed by atoms with Crippen LogP contribution in [0.25, 0.3) is 0 Å². The monoisotopic (exact) mass is 498 g/mol. The maximum absolute atomic E-state index is 12.4. The molecule has 0 saturated heterocycles. The highest BCUT2D eigenvalue weighted by molar-refractivity contribution is 7.85. The second kappa shape index (κ2) is 10.5. The minimum atomic E-state index is -4.62. The second-order valence-electron chi connectivity index (χ2n) is 9.04. The number of carbonyl (C=O) groups is 2. The SMILES string of the molecule is CC(=O)N(/C=C/C1=[N+](CCCCCC(=O)O)c2ccc(S(=O)(=O)[O-])cc2C1(C)C)c1ccccc1. The van der Waals surface area contributed by atoms with E-state index < -0.39 is 21.5 Å². The van der Waals surface area contributed by atoms with Crippen LogP contribution in [0.3, 0.4) is 0 Å². The Morgan fingerprint density at radius 2 is 1.77 bits per heavy atom. The van der Waals surface area contributed by atoms with Crippen LogP contribution in [0.2, 0.25) is 0 Å². The minimum Gasteiger partial charge on any atom is -0.744 e. The number of unbranched alkanes of at least 4 members (excludes halogenated alkanes) is 2. The molecule has 8 nitrogen and oxygen atoms in total. The molecule has 1 heterocycles. The van der Waals surface area contributed by atoms with Gasteiger partial charge in [-0.05, 0) is 51.0 Å². The smallest absolute Gasteiger partial charge is 0.303 e. The van der Waals surface area contributed by atoms with E-state index in [0.717, 1.165) is 17.8 Å². The Hall–Kier alpha value is -3.30. The molecule has 2 aromatic carbocycles. The number of aliphatic carboxylic acids is 1. The number of carbonyl (C=O) groups excluding carboxylic acids is 1. The average molecular weight is 499 g/mol. The molecule has 2 aromatic rings. The first-order chi connectivity index (χ1) is 16.4. The van der Waals surface area contributed by atoms with Crippen molar-refractivity contribution >= 4 is 39.1 Å². The van der Waals surface area contributed by atoms with E-state index in [9.17, 15) is 22.6 Å². The highest BCUT2D eigenvalue weighted by Gasteiger charge is 2.44. The van der Waals surface area contributed by atoms with Gasteiger partial charge in [0.05, 0.1) is 10.3 Å². The lowest BCUT2D eigenvalue weighted by Gasteiger charge is -2.19. The molecule has 0 saturated carbocycles. The third kappa shape index (κ3) is 6.04.